The van der Waals surface area contributed by atoms with Gasteiger partial charge in [0.15, 0.2) is 6.23 Å². The zero-order valence-electron chi connectivity index (χ0n) is 10.1. The van der Waals surface area contributed by atoms with Crippen LogP contribution in [0.1, 0.15) is 12.8 Å². The molecule has 2 heterocycles. The molecule has 19 heavy (non-hydrogen) atoms. The van der Waals surface area contributed by atoms with Gasteiger partial charge >= 0.3 is 0 Å². The highest BCUT2D eigenvalue weighted by molar-refractivity contribution is 6.76. The van der Waals surface area contributed by atoms with Gasteiger partial charge in [-0.05, 0) is 30.9 Å². The van der Waals surface area contributed by atoms with E-state index < -0.39 is 21.5 Å². The highest BCUT2D eigenvalue weighted by Crippen LogP contribution is 2.48. The van der Waals surface area contributed by atoms with Crippen molar-refractivity contribution in [2.75, 3.05) is 13.2 Å². The summed E-state index contributed by atoms with van der Waals surface area (Å²) in [6.45, 7) is 1.23. The molecule has 4 nitrogen and oxygen atoms in total. The fourth-order valence-electron chi connectivity index (χ4n) is 2.77. The topological polar surface area (TPSA) is 47.6 Å². The van der Waals surface area contributed by atoms with E-state index in [-0.39, 0.29) is 0 Å². The molecule has 1 amide bonds. The lowest BCUT2D eigenvalue weighted by Crippen LogP contribution is -2.46. The maximum absolute atomic E-state index is 11.6. The van der Waals surface area contributed by atoms with E-state index in [2.05, 4.69) is 5.32 Å². The molecule has 0 aromatic rings. The predicted molar refractivity (Wildman–Crippen MR) is 72.2 cm³/mol. The van der Waals surface area contributed by atoms with Crippen molar-refractivity contribution < 1.29 is 14.3 Å². The van der Waals surface area contributed by atoms with Crippen molar-refractivity contribution in [3.63, 3.8) is 0 Å². The molecule has 3 atom stereocenters. The molecule has 1 N–H and O–H groups in total. The highest BCUT2D eigenvalue weighted by Gasteiger charge is 2.53. The molecule has 1 spiro atoms. The van der Waals surface area contributed by atoms with Crippen LogP contribution in [0.3, 0.4) is 0 Å². The van der Waals surface area contributed by atoms with E-state index in [0.29, 0.717) is 25.0 Å². The lowest BCUT2D eigenvalue weighted by Gasteiger charge is -2.29. The van der Waals surface area contributed by atoms with Crippen LogP contribution in [0.2, 0.25) is 0 Å². The van der Waals surface area contributed by atoms with Crippen LogP contribution in [-0.2, 0) is 14.3 Å². The number of halogens is 3. The Labute approximate surface area is 126 Å². The molecule has 3 unspecified atom stereocenters. The van der Waals surface area contributed by atoms with E-state index in [1.54, 1.807) is 6.08 Å². The van der Waals surface area contributed by atoms with E-state index in [9.17, 15) is 4.79 Å². The van der Waals surface area contributed by atoms with Crippen molar-refractivity contribution in [3.05, 3.63) is 12.2 Å². The molecule has 0 aromatic carbocycles. The largest absolute Gasteiger partial charge is 0.378 e. The first-order valence-corrected chi connectivity index (χ1v) is 7.37. The molecule has 0 bridgehead atoms. The summed E-state index contributed by atoms with van der Waals surface area (Å²) in [6.07, 6.45) is 5.65. The summed E-state index contributed by atoms with van der Waals surface area (Å²) in [7, 11) is 0. The van der Waals surface area contributed by atoms with Crippen LogP contribution >= 0.6 is 34.8 Å². The maximum Gasteiger partial charge on any atom is 0.274 e. The van der Waals surface area contributed by atoms with Gasteiger partial charge in [0.2, 0.25) is 0 Å². The lowest BCUT2D eigenvalue weighted by atomic mass is 9.87. The third-order valence-electron chi connectivity index (χ3n) is 3.87. The first-order chi connectivity index (χ1) is 8.91. The SMILES string of the molecule is O=C(NC1C=CC2(COCC2C2CC2)O1)C(Cl)(Cl)Cl. The van der Waals surface area contributed by atoms with Crippen molar-refractivity contribution in [3.8, 4) is 0 Å². The number of alkyl halides is 3. The molecule has 1 saturated heterocycles. The minimum absolute atomic E-state index is 0.360. The quantitative estimate of drug-likeness (QED) is 0.625. The Morgan fingerprint density at radius 1 is 1.37 bits per heavy atom. The number of ether oxygens (including phenoxy) is 2. The number of carbonyl (C=O) groups is 1. The first-order valence-electron chi connectivity index (χ1n) is 6.23. The average Bonchev–Trinajstić information content (AvgIpc) is 2.97. The highest BCUT2D eigenvalue weighted by atomic mass is 35.6. The molecule has 0 radical (unpaired) electrons. The van der Waals surface area contributed by atoms with E-state index in [1.165, 1.54) is 12.8 Å². The first kappa shape index (κ1) is 14.0. The summed E-state index contributed by atoms with van der Waals surface area (Å²) in [4.78, 5) is 11.6. The molecule has 1 aliphatic carbocycles. The zero-order valence-corrected chi connectivity index (χ0v) is 12.3. The molecular formula is C12H14Cl3NO3. The minimum atomic E-state index is -1.98. The predicted octanol–water partition coefficient (Wildman–Crippen LogP) is 2.18. The number of hydrogen-bond donors (Lipinski definition) is 1. The van der Waals surface area contributed by atoms with Gasteiger partial charge in [0.1, 0.15) is 5.60 Å². The fourth-order valence-corrected chi connectivity index (χ4v) is 2.94. The molecular weight excluding hydrogens is 312 g/mol. The van der Waals surface area contributed by atoms with Crippen LogP contribution in [0.15, 0.2) is 12.2 Å². The molecule has 0 aromatic heterocycles. The van der Waals surface area contributed by atoms with Crippen molar-refractivity contribution in [2.45, 2.75) is 28.5 Å². The Kier molecular flexibility index (Phi) is 3.51. The van der Waals surface area contributed by atoms with Crippen molar-refractivity contribution in [2.24, 2.45) is 11.8 Å². The molecule has 106 valence electrons. The van der Waals surface area contributed by atoms with Crippen LogP contribution in [0.4, 0.5) is 0 Å². The van der Waals surface area contributed by atoms with E-state index in [0.717, 1.165) is 0 Å². The third-order valence-corrected chi connectivity index (χ3v) is 4.39. The van der Waals surface area contributed by atoms with Gasteiger partial charge in [-0.25, -0.2) is 0 Å². The zero-order chi connectivity index (χ0) is 13.7. The van der Waals surface area contributed by atoms with Crippen LogP contribution < -0.4 is 5.32 Å². The summed E-state index contributed by atoms with van der Waals surface area (Å²) >= 11 is 16.6. The molecule has 2 fully saturated rings. The Hall–Kier alpha value is -0.000000000000000111. The number of nitrogens with one attached hydrogen (secondary N) is 1. The second kappa shape index (κ2) is 4.78. The second-order valence-electron chi connectivity index (χ2n) is 5.28. The summed E-state index contributed by atoms with van der Waals surface area (Å²) in [5.74, 6) is 0.333. The third kappa shape index (κ3) is 2.74. The monoisotopic (exact) mass is 325 g/mol. The van der Waals surface area contributed by atoms with Gasteiger partial charge in [0, 0.05) is 5.92 Å². The van der Waals surface area contributed by atoms with Gasteiger partial charge in [0.05, 0.1) is 13.2 Å². The molecule has 3 rings (SSSR count). The Morgan fingerprint density at radius 2 is 2.11 bits per heavy atom. The van der Waals surface area contributed by atoms with Crippen molar-refractivity contribution in [1.82, 2.24) is 5.32 Å². The smallest absolute Gasteiger partial charge is 0.274 e. The lowest BCUT2D eigenvalue weighted by molar-refractivity contribution is -0.127. The summed E-state index contributed by atoms with van der Waals surface area (Å²) < 4.78 is 9.52. The van der Waals surface area contributed by atoms with Gasteiger partial charge in [-0.3, -0.25) is 4.79 Å². The summed E-state index contributed by atoms with van der Waals surface area (Å²) in [5.41, 5.74) is -0.424. The number of amides is 1. The van der Waals surface area contributed by atoms with Crippen LogP contribution in [0, 0.1) is 11.8 Å². The van der Waals surface area contributed by atoms with Gasteiger partial charge in [-0.2, -0.15) is 0 Å². The van der Waals surface area contributed by atoms with Crippen LogP contribution in [0.5, 0.6) is 0 Å². The van der Waals surface area contributed by atoms with Crippen molar-refractivity contribution in [1.29, 1.82) is 0 Å². The minimum Gasteiger partial charge on any atom is -0.378 e. The number of carbonyl (C=O) groups excluding carboxylic acids is 1. The van der Waals surface area contributed by atoms with Crippen LogP contribution in [-0.4, -0.2) is 34.7 Å². The van der Waals surface area contributed by atoms with Crippen LogP contribution in [0.25, 0.3) is 0 Å². The second-order valence-corrected chi connectivity index (χ2v) is 7.56. The average molecular weight is 327 g/mol. The van der Waals surface area contributed by atoms with Crippen molar-refractivity contribution >= 4 is 40.7 Å². The standard InChI is InChI=1S/C12H14Cl3NO3/c13-12(14,15)10(17)16-9-3-4-11(19-9)6-18-5-8(11)7-1-2-7/h3-4,7-9H,1-2,5-6H2,(H,16,17). The number of hydrogen-bond acceptors (Lipinski definition) is 3. The van der Waals surface area contributed by atoms with E-state index in [1.807, 2.05) is 6.08 Å². The van der Waals surface area contributed by atoms with Gasteiger partial charge < -0.3 is 14.8 Å². The molecule has 2 aliphatic heterocycles. The van der Waals surface area contributed by atoms with Gasteiger partial charge in [0.25, 0.3) is 9.70 Å². The molecule has 1 saturated carbocycles. The Balaban J connectivity index is 1.64. The Morgan fingerprint density at radius 3 is 2.74 bits per heavy atom. The van der Waals surface area contributed by atoms with E-state index >= 15 is 0 Å². The van der Waals surface area contributed by atoms with E-state index in [4.69, 9.17) is 44.3 Å². The summed E-state index contributed by atoms with van der Waals surface area (Å²) in [5, 5.41) is 2.55. The van der Waals surface area contributed by atoms with Gasteiger partial charge in [-0.1, -0.05) is 34.8 Å². The summed E-state index contributed by atoms with van der Waals surface area (Å²) in [6, 6.07) is 0. The van der Waals surface area contributed by atoms with Gasteiger partial charge in [-0.15, -0.1) is 0 Å². The fraction of sp³-hybridized carbons (Fsp3) is 0.750. The molecule has 7 heteroatoms. The molecule has 3 aliphatic rings. The Bertz CT molecular complexity index is 419. The maximum atomic E-state index is 11.6. The number of rotatable bonds is 2. The normalized spacial score (nSPS) is 38.1.